The molecule has 0 spiro atoms. The molecule has 0 aliphatic heterocycles. The van der Waals surface area contributed by atoms with Gasteiger partial charge in [0.05, 0.1) is 6.10 Å². The van der Waals surface area contributed by atoms with E-state index in [9.17, 15) is 4.39 Å². The lowest BCUT2D eigenvalue weighted by Crippen LogP contribution is -2.11. The molecule has 3 heteroatoms. The topological polar surface area (TPSA) is 9.23 Å². The van der Waals surface area contributed by atoms with E-state index < -0.39 is 0 Å². The largest absolute Gasteiger partial charge is 0.487 e. The zero-order valence-corrected chi connectivity index (χ0v) is 8.77. The Balaban J connectivity index is 2.10. The Morgan fingerprint density at radius 3 is 2.71 bits per heavy atom. The molecule has 0 unspecified atom stereocenters. The van der Waals surface area contributed by atoms with Crippen LogP contribution in [0, 0.1) is 5.82 Å². The normalized spacial score (nSPS) is 17.3. The first-order valence-corrected chi connectivity index (χ1v) is 5.35. The highest BCUT2D eigenvalue weighted by Crippen LogP contribution is 2.27. The Morgan fingerprint density at radius 2 is 2.00 bits per heavy atom. The molecule has 0 N–H and O–H groups in total. The molecular formula is C11H13FOS. The van der Waals surface area contributed by atoms with Crippen molar-refractivity contribution < 1.29 is 9.13 Å². The van der Waals surface area contributed by atoms with Gasteiger partial charge in [0.2, 0.25) is 0 Å². The molecule has 0 atom stereocenters. The van der Waals surface area contributed by atoms with Gasteiger partial charge in [-0.05, 0) is 43.9 Å². The molecule has 1 aliphatic carbocycles. The molecule has 2 rings (SSSR count). The quantitative estimate of drug-likeness (QED) is 0.739. The van der Waals surface area contributed by atoms with Crippen molar-refractivity contribution in [1.29, 1.82) is 0 Å². The van der Waals surface area contributed by atoms with Gasteiger partial charge < -0.3 is 4.74 Å². The van der Waals surface area contributed by atoms with Crippen molar-refractivity contribution in [3.63, 3.8) is 0 Å². The fraction of sp³-hybridized carbons (Fsp3) is 0.455. The smallest absolute Gasteiger partial charge is 0.165 e. The zero-order chi connectivity index (χ0) is 9.97. The summed E-state index contributed by atoms with van der Waals surface area (Å²) < 4.78 is 18.8. The van der Waals surface area contributed by atoms with Gasteiger partial charge in [-0.3, -0.25) is 0 Å². The Bertz CT molecular complexity index is 321. The fourth-order valence-electron chi connectivity index (χ4n) is 1.77. The summed E-state index contributed by atoms with van der Waals surface area (Å²) in [5.41, 5.74) is 0. The van der Waals surface area contributed by atoms with Gasteiger partial charge >= 0.3 is 0 Å². The lowest BCUT2D eigenvalue weighted by molar-refractivity contribution is 0.200. The van der Waals surface area contributed by atoms with Crippen LogP contribution in [-0.4, -0.2) is 6.10 Å². The van der Waals surface area contributed by atoms with E-state index in [1.54, 1.807) is 12.1 Å². The Hall–Kier alpha value is -0.700. The standard InChI is InChI=1S/C11H13FOS/c12-10-6-5-9(14)7-11(10)13-8-3-1-2-4-8/h5-8,14H,1-4H2. The Morgan fingerprint density at radius 1 is 1.29 bits per heavy atom. The third-order valence-corrected chi connectivity index (χ3v) is 2.79. The van der Waals surface area contributed by atoms with Crippen LogP contribution in [0.1, 0.15) is 25.7 Å². The van der Waals surface area contributed by atoms with E-state index in [2.05, 4.69) is 12.6 Å². The molecule has 1 fully saturated rings. The van der Waals surface area contributed by atoms with Crippen LogP contribution in [0.3, 0.4) is 0 Å². The van der Waals surface area contributed by atoms with E-state index in [-0.39, 0.29) is 11.9 Å². The summed E-state index contributed by atoms with van der Waals surface area (Å²) in [5, 5.41) is 0. The minimum absolute atomic E-state index is 0.194. The van der Waals surface area contributed by atoms with E-state index in [4.69, 9.17) is 4.74 Å². The molecule has 1 nitrogen and oxygen atoms in total. The van der Waals surface area contributed by atoms with Crippen LogP contribution in [-0.2, 0) is 0 Å². The number of rotatable bonds is 2. The molecule has 14 heavy (non-hydrogen) atoms. The van der Waals surface area contributed by atoms with Crippen molar-refractivity contribution in [1.82, 2.24) is 0 Å². The highest BCUT2D eigenvalue weighted by atomic mass is 32.1. The molecule has 0 heterocycles. The lowest BCUT2D eigenvalue weighted by Gasteiger charge is -2.13. The van der Waals surface area contributed by atoms with Crippen molar-refractivity contribution in [2.45, 2.75) is 36.7 Å². The second-order valence-corrected chi connectivity index (χ2v) is 4.16. The molecule has 1 aromatic rings. The molecule has 1 saturated carbocycles. The van der Waals surface area contributed by atoms with Crippen molar-refractivity contribution in [2.75, 3.05) is 0 Å². The van der Waals surface area contributed by atoms with Gasteiger partial charge in [0.1, 0.15) is 0 Å². The van der Waals surface area contributed by atoms with Crippen molar-refractivity contribution in [3.8, 4) is 5.75 Å². The monoisotopic (exact) mass is 212 g/mol. The zero-order valence-electron chi connectivity index (χ0n) is 7.87. The Labute approximate surface area is 88.7 Å². The molecule has 76 valence electrons. The maximum absolute atomic E-state index is 13.3. The molecule has 0 radical (unpaired) electrons. The summed E-state index contributed by atoms with van der Waals surface area (Å²) in [7, 11) is 0. The van der Waals surface area contributed by atoms with E-state index >= 15 is 0 Å². The molecule has 0 bridgehead atoms. The van der Waals surface area contributed by atoms with Crippen molar-refractivity contribution >= 4 is 12.6 Å². The van der Waals surface area contributed by atoms with Crippen LogP contribution in [0.25, 0.3) is 0 Å². The van der Waals surface area contributed by atoms with Gasteiger partial charge in [-0.2, -0.15) is 0 Å². The molecular weight excluding hydrogens is 199 g/mol. The third kappa shape index (κ3) is 2.21. The number of hydrogen-bond donors (Lipinski definition) is 1. The predicted molar refractivity (Wildman–Crippen MR) is 56.5 cm³/mol. The summed E-state index contributed by atoms with van der Waals surface area (Å²) in [6, 6.07) is 4.66. The average molecular weight is 212 g/mol. The highest BCUT2D eigenvalue weighted by molar-refractivity contribution is 7.80. The molecule has 0 aromatic heterocycles. The van der Waals surface area contributed by atoms with Crippen LogP contribution in [0.5, 0.6) is 5.75 Å². The molecule has 0 saturated heterocycles. The van der Waals surface area contributed by atoms with Crippen molar-refractivity contribution in [3.05, 3.63) is 24.0 Å². The van der Waals surface area contributed by atoms with Crippen LogP contribution in [0.15, 0.2) is 23.1 Å². The average Bonchev–Trinajstić information content (AvgIpc) is 2.64. The summed E-state index contributed by atoms with van der Waals surface area (Å²) in [4.78, 5) is 0.736. The summed E-state index contributed by atoms with van der Waals surface area (Å²) >= 11 is 4.15. The summed E-state index contributed by atoms with van der Waals surface area (Å²) in [6.45, 7) is 0. The number of thiol groups is 1. The van der Waals surface area contributed by atoms with E-state index in [0.29, 0.717) is 5.75 Å². The SMILES string of the molecule is Fc1ccc(S)cc1OC1CCCC1. The Kier molecular flexibility index (Phi) is 2.96. The minimum Gasteiger partial charge on any atom is -0.487 e. The van der Waals surface area contributed by atoms with Crippen molar-refractivity contribution in [2.24, 2.45) is 0 Å². The van der Waals surface area contributed by atoms with Gasteiger partial charge in [0.25, 0.3) is 0 Å². The van der Waals surface area contributed by atoms with Gasteiger partial charge in [0.15, 0.2) is 11.6 Å². The van der Waals surface area contributed by atoms with Gasteiger partial charge in [-0.15, -0.1) is 12.6 Å². The minimum atomic E-state index is -0.297. The number of benzene rings is 1. The van der Waals surface area contributed by atoms with Crippen LogP contribution >= 0.6 is 12.6 Å². The van der Waals surface area contributed by atoms with E-state index in [1.165, 1.54) is 18.9 Å². The van der Waals surface area contributed by atoms with Gasteiger partial charge in [0, 0.05) is 4.90 Å². The first kappa shape index (κ1) is 9.84. The third-order valence-electron chi connectivity index (χ3n) is 2.51. The first-order chi connectivity index (χ1) is 6.75. The number of ether oxygens (including phenoxy) is 1. The summed E-state index contributed by atoms with van der Waals surface area (Å²) in [5.74, 6) is 0.0408. The summed E-state index contributed by atoms with van der Waals surface area (Å²) in [6.07, 6.45) is 4.64. The van der Waals surface area contributed by atoms with E-state index in [0.717, 1.165) is 17.7 Å². The van der Waals surface area contributed by atoms with Gasteiger partial charge in [-0.1, -0.05) is 0 Å². The molecule has 1 aliphatic rings. The maximum atomic E-state index is 13.3. The van der Waals surface area contributed by atoms with E-state index in [1.807, 2.05) is 0 Å². The van der Waals surface area contributed by atoms with Crippen LogP contribution < -0.4 is 4.74 Å². The number of halogens is 1. The molecule has 1 aromatic carbocycles. The van der Waals surface area contributed by atoms with Gasteiger partial charge in [-0.25, -0.2) is 4.39 Å². The van der Waals surface area contributed by atoms with Crippen LogP contribution in [0.2, 0.25) is 0 Å². The molecule has 0 amide bonds. The van der Waals surface area contributed by atoms with Crippen LogP contribution in [0.4, 0.5) is 4.39 Å². The lowest BCUT2D eigenvalue weighted by atomic mass is 10.3. The highest BCUT2D eigenvalue weighted by Gasteiger charge is 2.17. The maximum Gasteiger partial charge on any atom is 0.165 e. The first-order valence-electron chi connectivity index (χ1n) is 4.91. The second kappa shape index (κ2) is 4.22. The predicted octanol–water partition coefficient (Wildman–Crippen LogP) is 3.44. The second-order valence-electron chi connectivity index (χ2n) is 3.64. The number of hydrogen-bond acceptors (Lipinski definition) is 2. The fourth-order valence-corrected chi connectivity index (χ4v) is 1.96.